The lowest BCUT2D eigenvalue weighted by molar-refractivity contribution is 0.514. The number of hydrogen-bond donors (Lipinski definition) is 2. The Labute approximate surface area is 230 Å². The predicted octanol–water partition coefficient (Wildman–Crippen LogP) is 7.07. The topological polar surface area (TPSA) is 104 Å². The Hall–Kier alpha value is -4.00. The zero-order valence-electron chi connectivity index (χ0n) is 21.5. The van der Waals surface area contributed by atoms with Crippen LogP contribution in [0, 0.1) is 18.3 Å². The summed E-state index contributed by atoms with van der Waals surface area (Å²) < 4.78 is 1.84. The van der Waals surface area contributed by atoms with Crippen molar-refractivity contribution in [3.63, 3.8) is 0 Å². The maximum Gasteiger partial charge on any atom is 0.110 e. The normalized spacial score (nSPS) is 12.9. The van der Waals surface area contributed by atoms with E-state index in [0.29, 0.717) is 21.8 Å². The number of halogens is 1. The highest BCUT2D eigenvalue weighted by Crippen LogP contribution is 2.37. The second-order valence-electron chi connectivity index (χ2n) is 9.39. The van der Waals surface area contributed by atoms with Crippen LogP contribution in [-0.2, 0) is 0 Å². The molecule has 192 valence electrons. The molecule has 8 nitrogen and oxygen atoms in total. The summed E-state index contributed by atoms with van der Waals surface area (Å²) in [6.07, 6.45) is 3.52. The molecule has 38 heavy (non-hydrogen) atoms. The number of fused-ring (bicyclic) bond motifs is 1. The summed E-state index contributed by atoms with van der Waals surface area (Å²) in [6, 6.07) is 16.1. The number of nitrogens with one attached hydrogen (secondary N) is 2. The maximum atomic E-state index is 9.89. The third-order valence-corrected chi connectivity index (χ3v) is 7.70. The molecule has 0 unspecified atom stereocenters. The van der Waals surface area contributed by atoms with Crippen LogP contribution in [0.25, 0.3) is 10.9 Å². The Morgan fingerprint density at radius 3 is 2.53 bits per heavy atom. The molecule has 0 bridgehead atoms. The zero-order chi connectivity index (χ0) is 26.8. The molecule has 2 N–H and O–H groups in total. The first-order chi connectivity index (χ1) is 18.4. The molecule has 3 aromatic heterocycles. The highest BCUT2D eigenvalue weighted by Gasteiger charge is 2.24. The van der Waals surface area contributed by atoms with Crippen LogP contribution in [-0.4, -0.2) is 25.0 Å². The van der Waals surface area contributed by atoms with Gasteiger partial charge < -0.3 is 10.6 Å². The van der Waals surface area contributed by atoms with Crippen molar-refractivity contribution >= 4 is 45.2 Å². The Balaban J connectivity index is 1.59. The molecule has 0 saturated heterocycles. The second-order valence-corrected chi connectivity index (χ2v) is 10.7. The van der Waals surface area contributed by atoms with Gasteiger partial charge in [0.1, 0.15) is 17.8 Å². The predicted molar refractivity (Wildman–Crippen MR) is 153 cm³/mol. The van der Waals surface area contributed by atoms with E-state index >= 15 is 0 Å². The van der Waals surface area contributed by atoms with Crippen molar-refractivity contribution in [1.82, 2.24) is 25.0 Å². The van der Waals surface area contributed by atoms with Crippen LogP contribution >= 0.6 is 22.9 Å². The average Bonchev–Trinajstić information content (AvgIpc) is 3.58. The molecule has 10 heteroatoms. The van der Waals surface area contributed by atoms with Crippen molar-refractivity contribution < 1.29 is 0 Å². The van der Waals surface area contributed by atoms with Gasteiger partial charge in [-0.05, 0) is 45.4 Å². The molecule has 0 saturated carbocycles. The van der Waals surface area contributed by atoms with E-state index in [2.05, 4.69) is 69.9 Å². The third-order valence-electron chi connectivity index (χ3n) is 6.41. The van der Waals surface area contributed by atoms with Crippen LogP contribution in [0.15, 0.2) is 60.4 Å². The number of nitriles is 1. The fourth-order valence-electron chi connectivity index (χ4n) is 4.33. The van der Waals surface area contributed by atoms with E-state index in [0.717, 1.165) is 32.9 Å². The molecule has 0 amide bonds. The molecule has 2 atom stereocenters. The van der Waals surface area contributed by atoms with Crippen molar-refractivity contribution in [1.29, 1.82) is 5.26 Å². The minimum atomic E-state index is -0.282. The monoisotopic (exact) mass is 542 g/mol. The summed E-state index contributed by atoms with van der Waals surface area (Å²) in [5.41, 5.74) is 7.17. The number of rotatable bonds is 8. The summed E-state index contributed by atoms with van der Waals surface area (Å²) >= 11 is 8.32. The molecule has 0 aliphatic heterocycles. The lowest BCUT2D eigenvalue weighted by Crippen LogP contribution is -2.13. The Bertz CT molecular complexity index is 1620. The van der Waals surface area contributed by atoms with Crippen LogP contribution in [0.5, 0.6) is 0 Å². The molecule has 5 rings (SSSR count). The van der Waals surface area contributed by atoms with Crippen molar-refractivity contribution in [3.05, 3.63) is 92.8 Å². The van der Waals surface area contributed by atoms with Gasteiger partial charge in [0.2, 0.25) is 0 Å². The largest absolute Gasteiger partial charge is 0.377 e. The highest BCUT2D eigenvalue weighted by atomic mass is 35.5. The summed E-state index contributed by atoms with van der Waals surface area (Å²) in [6.45, 7) is 8.17. The maximum absolute atomic E-state index is 9.89. The summed E-state index contributed by atoms with van der Waals surface area (Å²) in [5, 5.41) is 27.0. The van der Waals surface area contributed by atoms with Gasteiger partial charge in [0, 0.05) is 29.4 Å². The van der Waals surface area contributed by atoms with Crippen LogP contribution in [0.2, 0.25) is 5.02 Å². The van der Waals surface area contributed by atoms with E-state index < -0.39 is 0 Å². The van der Waals surface area contributed by atoms with Gasteiger partial charge in [0.05, 0.1) is 44.1 Å². The number of pyridine rings is 1. The van der Waals surface area contributed by atoms with E-state index in [1.165, 1.54) is 0 Å². The summed E-state index contributed by atoms with van der Waals surface area (Å²) in [5.74, 6) is 0. The van der Waals surface area contributed by atoms with E-state index in [-0.39, 0.29) is 18.1 Å². The van der Waals surface area contributed by atoms with Crippen LogP contribution in [0.1, 0.15) is 66.3 Å². The fraction of sp³-hybridized carbons (Fsp3) is 0.250. The number of benzene rings is 2. The van der Waals surface area contributed by atoms with Gasteiger partial charge in [-0.3, -0.25) is 4.98 Å². The molecule has 3 heterocycles. The van der Waals surface area contributed by atoms with E-state index in [4.69, 9.17) is 11.6 Å². The Morgan fingerprint density at radius 1 is 1.08 bits per heavy atom. The first-order valence-corrected chi connectivity index (χ1v) is 13.5. The number of anilines is 2. The summed E-state index contributed by atoms with van der Waals surface area (Å²) in [4.78, 5) is 9.99. The smallest absolute Gasteiger partial charge is 0.110 e. The lowest BCUT2D eigenvalue weighted by Gasteiger charge is -2.21. The molecular formula is C28H27ClN8S. The minimum absolute atomic E-state index is 0.0389. The van der Waals surface area contributed by atoms with Crippen LogP contribution in [0.4, 0.5) is 11.4 Å². The lowest BCUT2D eigenvalue weighted by atomic mass is 10.0. The second kappa shape index (κ2) is 10.8. The van der Waals surface area contributed by atoms with Gasteiger partial charge in [-0.15, -0.1) is 16.4 Å². The van der Waals surface area contributed by atoms with Gasteiger partial charge in [0.25, 0.3) is 0 Å². The molecule has 2 aromatic carbocycles. The Morgan fingerprint density at radius 2 is 1.87 bits per heavy atom. The number of aryl methyl sites for hydroxylation is 1. The van der Waals surface area contributed by atoms with E-state index in [1.807, 2.05) is 53.6 Å². The van der Waals surface area contributed by atoms with E-state index in [1.54, 1.807) is 17.5 Å². The van der Waals surface area contributed by atoms with Gasteiger partial charge in [0.15, 0.2) is 0 Å². The number of thiazole rings is 1. The van der Waals surface area contributed by atoms with Crippen LogP contribution in [0.3, 0.4) is 0 Å². The number of hydrogen-bond acceptors (Lipinski definition) is 8. The fourth-order valence-corrected chi connectivity index (χ4v) is 5.46. The van der Waals surface area contributed by atoms with Crippen molar-refractivity contribution in [2.75, 3.05) is 10.6 Å². The first-order valence-electron chi connectivity index (χ1n) is 12.3. The van der Waals surface area contributed by atoms with Gasteiger partial charge in [-0.1, -0.05) is 47.1 Å². The van der Waals surface area contributed by atoms with Gasteiger partial charge in [-0.25, -0.2) is 9.67 Å². The molecule has 5 aromatic rings. The van der Waals surface area contributed by atoms with Crippen molar-refractivity contribution in [2.45, 2.75) is 45.8 Å². The standard InChI is InChI=1S/C28H27ClN8S/c1-16(2)37-14-24(35-36-37)27(28-18(4)32-15-38-28)34-21-10-22-25(33-17(3)19-8-6-5-7-9-19)20(12-30)13-31-26(22)23(29)11-21/h5-11,13-17,27,34H,1-4H3,(H,31,33)/t17-,27-/m1/s1. The molecule has 0 aliphatic rings. The molecular weight excluding hydrogens is 516 g/mol. The number of aromatic nitrogens is 5. The quantitative estimate of drug-likeness (QED) is 0.216. The first kappa shape index (κ1) is 25.6. The van der Waals surface area contributed by atoms with Gasteiger partial charge in [-0.2, -0.15) is 5.26 Å². The molecule has 0 spiro atoms. The molecule has 0 radical (unpaired) electrons. The molecule has 0 fully saturated rings. The average molecular weight is 543 g/mol. The minimum Gasteiger partial charge on any atom is -0.377 e. The zero-order valence-corrected chi connectivity index (χ0v) is 23.0. The molecule has 0 aliphatic carbocycles. The van der Waals surface area contributed by atoms with Crippen molar-refractivity contribution in [2.24, 2.45) is 0 Å². The summed E-state index contributed by atoms with van der Waals surface area (Å²) in [7, 11) is 0. The van der Waals surface area contributed by atoms with E-state index in [9.17, 15) is 5.26 Å². The number of nitrogens with zero attached hydrogens (tertiary/aromatic N) is 6. The Kier molecular flexibility index (Phi) is 7.27. The third kappa shape index (κ3) is 5.05. The highest BCUT2D eigenvalue weighted by molar-refractivity contribution is 7.09. The van der Waals surface area contributed by atoms with Gasteiger partial charge >= 0.3 is 0 Å². The SMILES string of the molecule is Cc1ncsc1[C@H](Nc1cc(Cl)c2ncc(C#N)c(N[C@H](C)c3ccccc3)c2c1)c1cn(C(C)C)nn1. The van der Waals surface area contributed by atoms with Crippen molar-refractivity contribution in [3.8, 4) is 6.07 Å². The van der Waals surface area contributed by atoms with Crippen LogP contribution < -0.4 is 10.6 Å².